The Morgan fingerprint density at radius 3 is 1.39 bits per heavy atom. The SMILES string of the molecule is CC(C)CCC[C@@H](C)[C@H]1CC[C@H]2[C@@H]3CC=C4CC(OC(=O)Cn5cc(COc6ccccc6OCc6cn(CC(=O)OC7CC[C@@]8(C)C(=CC[C@H]9[C@@H]%10CC[C@H]([C@H](C)CCCC(C)C)[C@@]%10(C)CC[C@@H]98)C7)nn6)nn5)CC[C@]4(C)[C@H]3CC[C@]12C. The Kier molecular flexibility index (Phi) is 17.7. The lowest BCUT2D eigenvalue weighted by Crippen LogP contribution is -2.51. The van der Waals surface area contributed by atoms with Crippen LogP contribution in [-0.2, 0) is 45.4 Å². The van der Waals surface area contributed by atoms with Gasteiger partial charge in [0.05, 0.1) is 12.4 Å². The van der Waals surface area contributed by atoms with Crippen molar-refractivity contribution >= 4 is 11.9 Å². The van der Waals surface area contributed by atoms with Crippen LogP contribution in [0.25, 0.3) is 0 Å². The molecule has 12 heteroatoms. The predicted octanol–water partition coefficient (Wildman–Crippen LogP) is 15.9. The number of esters is 2. The highest BCUT2D eigenvalue weighted by Crippen LogP contribution is 2.69. The van der Waals surface area contributed by atoms with Gasteiger partial charge in [0, 0.05) is 12.8 Å². The number of aromatic nitrogens is 6. The van der Waals surface area contributed by atoms with Crippen LogP contribution in [0, 0.1) is 92.7 Å². The molecule has 0 radical (unpaired) electrons. The van der Waals surface area contributed by atoms with E-state index in [1.807, 2.05) is 24.3 Å². The largest absolute Gasteiger partial charge is 0.483 e. The minimum atomic E-state index is -0.284. The van der Waals surface area contributed by atoms with Gasteiger partial charge in [-0.05, 0) is 195 Å². The summed E-state index contributed by atoms with van der Waals surface area (Å²) in [6.45, 7) is 25.3. The van der Waals surface area contributed by atoms with E-state index in [0.717, 1.165) is 110 Å². The molecule has 0 aliphatic heterocycles. The summed E-state index contributed by atoms with van der Waals surface area (Å²) in [5.41, 5.74) is 5.60. The molecule has 11 rings (SSSR count). The molecule has 8 aliphatic carbocycles. The van der Waals surface area contributed by atoms with E-state index in [1.54, 1.807) is 12.4 Å². The van der Waals surface area contributed by atoms with Crippen molar-refractivity contribution in [3.63, 3.8) is 0 Å². The van der Waals surface area contributed by atoms with E-state index >= 15 is 0 Å². The zero-order chi connectivity index (χ0) is 57.6. The summed E-state index contributed by atoms with van der Waals surface area (Å²) in [5.74, 6) is 10.2. The summed E-state index contributed by atoms with van der Waals surface area (Å²) >= 11 is 0. The maximum Gasteiger partial charge on any atom is 0.328 e. The lowest BCUT2D eigenvalue weighted by atomic mass is 9.47. The molecule has 6 fully saturated rings. The third-order valence-electron chi connectivity index (χ3n) is 24.5. The highest BCUT2D eigenvalue weighted by molar-refractivity contribution is 5.69. The molecular formula is C70H104N6O6. The van der Waals surface area contributed by atoms with Crippen molar-refractivity contribution in [2.45, 2.75) is 249 Å². The molecule has 3 aromatic rings. The minimum Gasteiger partial charge on any atom is -0.483 e. The van der Waals surface area contributed by atoms with Crippen LogP contribution in [0.15, 0.2) is 60.0 Å². The van der Waals surface area contributed by atoms with Crippen molar-refractivity contribution < 1.29 is 28.5 Å². The Bertz CT molecular complexity index is 2580. The molecule has 1 aromatic carbocycles. The number of nitrogens with zero attached hydrogens (tertiary/aromatic N) is 6. The first-order chi connectivity index (χ1) is 39.3. The highest BCUT2D eigenvalue weighted by atomic mass is 16.5. The second kappa shape index (κ2) is 24.5. The number of rotatable bonds is 22. The number of para-hydroxylation sites is 2. The second-order valence-corrected chi connectivity index (χ2v) is 30.1. The van der Waals surface area contributed by atoms with E-state index in [9.17, 15) is 9.59 Å². The van der Waals surface area contributed by atoms with Crippen LogP contribution in [0.1, 0.15) is 222 Å². The molecule has 2 heterocycles. The molecule has 0 amide bonds. The maximum absolute atomic E-state index is 13.4. The number of allylic oxidation sites excluding steroid dienone is 2. The quantitative estimate of drug-likeness (QED) is 0.0707. The van der Waals surface area contributed by atoms with E-state index in [0.29, 0.717) is 33.7 Å². The number of hydrogen-bond donors (Lipinski definition) is 0. The molecule has 450 valence electrons. The molecular weight excluding hydrogens is 1020 g/mol. The molecule has 0 spiro atoms. The number of benzene rings is 1. The van der Waals surface area contributed by atoms with E-state index in [-0.39, 0.29) is 61.3 Å². The fourth-order valence-electron chi connectivity index (χ4n) is 20.2. The van der Waals surface area contributed by atoms with E-state index in [2.05, 4.69) is 102 Å². The lowest BCUT2D eigenvalue weighted by Gasteiger charge is -2.58. The zero-order valence-corrected chi connectivity index (χ0v) is 52.2. The first kappa shape index (κ1) is 59.3. The number of hydrogen-bond acceptors (Lipinski definition) is 10. The van der Waals surface area contributed by atoms with Crippen LogP contribution in [0.4, 0.5) is 0 Å². The van der Waals surface area contributed by atoms with Crippen LogP contribution >= 0.6 is 0 Å². The van der Waals surface area contributed by atoms with Crippen LogP contribution in [0.5, 0.6) is 11.5 Å². The zero-order valence-electron chi connectivity index (χ0n) is 52.2. The van der Waals surface area contributed by atoms with Gasteiger partial charge in [-0.3, -0.25) is 9.59 Å². The summed E-state index contributed by atoms with van der Waals surface area (Å²) in [4.78, 5) is 26.8. The van der Waals surface area contributed by atoms with Crippen LogP contribution in [-0.4, -0.2) is 54.1 Å². The van der Waals surface area contributed by atoms with Crippen molar-refractivity contribution in [3.05, 3.63) is 71.3 Å². The molecule has 2 unspecified atom stereocenters. The summed E-state index contributed by atoms with van der Waals surface area (Å²) in [7, 11) is 0. The first-order valence-corrected chi connectivity index (χ1v) is 33.2. The third-order valence-corrected chi connectivity index (χ3v) is 24.5. The summed E-state index contributed by atoms with van der Waals surface area (Å²) < 4.78 is 27.8. The summed E-state index contributed by atoms with van der Waals surface area (Å²) in [6.07, 6.45) is 35.7. The van der Waals surface area contributed by atoms with Crippen LogP contribution in [0.3, 0.4) is 0 Å². The topological polar surface area (TPSA) is 132 Å². The maximum atomic E-state index is 13.4. The van der Waals surface area contributed by atoms with Gasteiger partial charge in [-0.2, -0.15) is 0 Å². The van der Waals surface area contributed by atoms with Crippen molar-refractivity contribution in [2.75, 3.05) is 0 Å². The smallest absolute Gasteiger partial charge is 0.328 e. The monoisotopic (exact) mass is 1120 g/mol. The van der Waals surface area contributed by atoms with Crippen molar-refractivity contribution in [1.29, 1.82) is 0 Å². The van der Waals surface area contributed by atoms with Gasteiger partial charge in [-0.15, -0.1) is 10.2 Å². The van der Waals surface area contributed by atoms with E-state index in [4.69, 9.17) is 18.9 Å². The average Bonchev–Trinajstić information content (AvgIpc) is 2.63. The Morgan fingerprint density at radius 2 is 0.976 bits per heavy atom. The molecule has 0 saturated heterocycles. The second-order valence-electron chi connectivity index (χ2n) is 30.1. The van der Waals surface area contributed by atoms with Gasteiger partial charge in [0.25, 0.3) is 0 Å². The number of fused-ring (bicyclic) bond motifs is 10. The fourth-order valence-corrected chi connectivity index (χ4v) is 20.2. The van der Waals surface area contributed by atoms with Gasteiger partial charge >= 0.3 is 11.9 Å². The highest BCUT2D eigenvalue weighted by Gasteiger charge is 2.61. The van der Waals surface area contributed by atoms with Gasteiger partial charge in [0.15, 0.2) is 11.5 Å². The van der Waals surface area contributed by atoms with E-state index in [1.165, 1.54) is 123 Å². The number of carbonyl (C=O) groups is 2. The summed E-state index contributed by atoms with van der Waals surface area (Å²) in [5, 5.41) is 17.1. The first-order valence-electron chi connectivity index (χ1n) is 33.2. The molecule has 6 saturated carbocycles. The van der Waals surface area contributed by atoms with Crippen molar-refractivity contribution in [2.24, 2.45) is 92.7 Å². The molecule has 8 aliphatic rings. The third kappa shape index (κ3) is 12.1. The number of carbonyl (C=O) groups excluding carboxylic acids is 2. The van der Waals surface area contributed by atoms with Gasteiger partial charge in [-0.1, -0.05) is 154 Å². The average molecular weight is 1130 g/mol. The van der Waals surface area contributed by atoms with E-state index < -0.39 is 0 Å². The minimum absolute atomic E-state index is 0.00206. The van der Waals surface area contributed by atoms with Crippen LogP contribution < -0.4 is 9.47 Å². The van der Waals surface area contributed by atoms with Crippen molar-refractivity contribution in [3.8, 4) is 11.5 Å². The Labute approximate surface area is 492 Å². The molecule has 2 aromatic heterocycles. The standard InChI is InChI=1S/C70H104N6O6/c1-45(2)15-13-17-47(5)57-25-27-59-55-23-21-49-37-53(29-33-67(49,7)61(55)31-35-69(57,59)9)81-65(77)41-75-39-51(71-73-75)43-79-63-19-11-12-20-64(63)80-44-52-40-76(74-72-52)42-66(78)82-54-30-34-68(8)50(38-54)22-24-56-60-28-26-58(48(6)18-14-16-46(3)4)70(60,10)36-32-62(56)68/h11-12,19-22,39-40,45-48,53-62H,13-18,23-38,41-44H2,1-10H3/t47-,48-,53?,54?,55+,56+,57-,58-,59+,60+,61+,62+,67+,68+,69-,70-/m1/s1. The normalized spacial score (nSPS) is 35.5. The molecule has 82 heavy (non-hydrogen) atoms. The molecule has 0 N–H and O–H groups in total. The molecule has 16 atom stereocenters. The Balaban J connectivity index is 0.606. The Hall–Kier alpha value is -4.48. The van der Waals surface area contributed by atoms with Crippen molar-refractivity contribution in [1.82, 2.24) is 30.0 Å². The Morgan fingerprint density at radius 1 is 0.549 bits per heavy atom. The summed E-state index contributed by atoms with van der Waals surface area (Å²) in [6, 6.07) is 7.46. The van der Waals surface area contributed by atoms with Gasteiger partial charge in [0.1, 0.15) is 49.9 Å². The van der Waals surface area contributed by atoms with Gasteiger partial charge < -0.3 is 18.9 Å². The fraction of sp³-hybridized carbons (Fsp3) is 0.771. The lowest BCUT2D eigenvalue weighted by molar-refractivity contribution is -0.153. The van der Waals surface area contributed by atoms with Crippen LogP contribution in [0.2, 0.25) is 0 Å². The molecule has 12 nitrogen and oxygen atoms in total. The van der Waals surface area contributed by atoms with Gasteiger partial charge in [0.2, 0.25) is 0 Å². The predicted molar refractivity (Wildman–Crippen MR) is 321 cm³/mol. The number of ether oxygens (including phenoxy) is 4. The molecule has 0 bridgehead atoms. The van der Waals surface area contributed by atoms with Gasteiger partial charge in [-0.25, -0.2) is 9.36 Å².